The van der Waals surface area contributed by atoms with Gasteiger partial charge in [-0.15, -0.1) is 0 Å². The van der Waals surface area contributed by atoms with E-state index in [0.29, 0.717) is 28.4 Å². The fourth-order valence-electron chi connectivity index (χ4n) is 2.36. The van der Waals surface area contributed by atoms with Crippen LogP contribution in [0, 0.1) is 6.92 Å². The lowest BCUT2D eigenvalue weighted by Crippen LogP contribution is -2.37. The Kier molecular flexibility index (Phi) is 4.56. The summed E-state index contributed by atoms with van der Waals surface area (Å²) in [5.41, 5.74) is 7.13. The zero-order chi connectivity index (χ0) is 17.8. The van der Waals surface area contributed by atoms with E-state index in [1.54, 1.807) is 55.5 Å². The molecule has 3 N–H and O–H groups in total. The van der Waals surface area contributed by atoms with Crippen molar-refractivity contribution in [1.29, 1.82) is 0 Å². The zero-order valence-electron chi connectivity index (χ0n) is 13.5. The third kappa shape index (κ3) is 3.72. The highest BCUT2D eigenvalue weighted by Crippen LogP contribution is 2.18. The molecule has 0 aliphatic rings. The second kappa shape index (κ2) is 6.96. The molecule has 1 atom stereocenters. The number of nitrogens with two attached hydrogens (primary N) is 1. The minimum Gasteiger partial charge on any atom is -0.368 e. The summed E-state index contributed by atoms with van der Waals surface area (Å²) >= 11 is 0. The van der Waals surface area contributed by atoms with Gasteiger partial charge in [-0.3, -0.25) is 9.59 Å². The molecule has 3 rings (SSSR count). The third-order valence-electron chi connectivity index (χ3n) is 3.61. The number of carbonyl (C=O) groups is 2. The number of nitrogens with zero attached hydrogens (tertiary/aromatic N) is 2. The van der Waals surface area contributed by atoms with Crippen LogP contribution >= 0.6 is 0 Å². The largest absolute Gasteiger partial charge is 0.368 e. The van der Waals surface area contributed by atoms with Crippen molar-refractivity contribution in [2.24, 2.45) is 5.73 Å². The smallest absolute Gasteiger partial charge is 0.257 e. The molecule has 3 aromatic rings. The number of rotatable bonds is 5. The first kappa shape index (κ1) is 16.4. The van der Waals surface area contributed by atoms with Crippen LogP contribution < -0.4 is 11.1 Å². The van der Waals surface area contributed by atoms with Gasteiger partial charge in [-0.25, -0.2) is 0 Å². The molecule has 1 unspecified atom stereocenters. The molecule has 0 bridgehead atoms. The second-order valence-electron chi connectivity index (χ2n) is 5.44. The number of carbonyl (C=O) groups excluding carboxylic acids is 2. The standard InChI is InChI=1S/C18H16N4O3/c1-11-20-18(25-22-11)14-9-7-13(8-10-14)17(24)21-15(16(19)23)12-5-3-2-4-6-12/h2-10,15H,1H3,(H2,19,23)(H,21,24). The van der Waals surface area contributed by atoms with Gasteiger partial charge in [0.15, 0.2) is 5.82 Å². The maximum atomic E-state index is 12.4. The van der Waals surface area contributed by atoms with Crippen LogP contribution in [0.5, 0.6) is 0 Å². The average molecular weight is 336 g/mol. The van der Waals surface area contributed by atoms with Crippen LogP contribution in [-0.2, 0) is 4.79 Å². The van der Waals surface area contributed by atoms with Gasteiger partial charge < -0.3 is 15.6 Å². The Bertz CT molecular complexity index is 888. The Labute approximate surface area is 143 Å². The quantitative estimate of drug-likeness (QED) is 0.740. The van der Waals surface area contributed by atoms with Crippen LogP contribution in [0.25, 0.3) is 11.5 Å². The predicted molar refractivity (Wildman–Crippen MR) is 90.3 cm³/mol. The van der Waals surface area contributed by atoms with Gasteiger partial charge in [-0.05, 0) is 36.8 Å². The van der Waals surface area contributed by atoms with Crippen LogP contribution in [0.15, 0.2) is 59.1 Å². The number of benzene rings is 2. The summed E-state index contributed by atoms with van der Waals surface area (Å²) in [5.74, 6) is -0.119. The van der Waals surface area contributed by atoms with Crippen LogP contribution in [0.2, 0.25) is 0 Å². The number of nitrogens with one attached hydrogen (secondary N) is 1. The van der Waals surface area contributed by atoms with Crippen molar-refractivity contribution in [3.05, 3.63) is 71.5 Å². The molecule has 0 aliphatic heterocycles. The molecular weight excluding hydrogens is 320 g/mol. The number of amides is 2. The Morgan fingerprint density at radius 2 is 1.76 bits per heavy atom. The summed E-state index contributed by atoms with van der Waals surface area (Å²) in [6.45, 7) is 1.72. The van der Waals surface area contributed by atoms with Crippen molar-refractivity contribution in [2.75, 3.05) is 0 Å². The van der Waals surface area contributed by atoms with Crippen molar-refractivity contribution < 1.29 is 14.1 Å². The minimum atomic E-state index is -0.896. The highest BCUT2D eigenvalue weighted by atomic mass is 16.5. The van der Waals surface area contributed by atoms with Crippen molar-refractivity contribution in [1.82, 2.24) is 15.5 Å². The SMILES string of the molecule is Cc1noc(-c2ccc(C(=O)NC(C(N)=O)c3ccccc3)cc2)n1. The molecule has 0 saturated heterocycles. The first-order valence-corrected chi connectivity index (χ1v) is 7.60. The van der Waals surface area contributed by atoms with E-state index in [9.17, 15) is 9.59 Å². The second-order valence-corrected chi connectivity index (χ2v) is 5.44. The van der Waals surface area contributed by atoms with E-state index in [4.69, 9.17) is 10.3 Å². The molecule has 0 aliphatic carbocycles. The van der Waals surface area contributed by atoms with Crippen LogP contribution in [0.1, 0.15) is 27.8 Å². The molecule has 7 heteroatoms. The highest BCUT2D eigenvalue weighted by molar-refractivity contribution is 5.97. The maximum absolute atomic E-state index is 12.4. The van der Waals surface area contributed by atoms with E-state index in [1.807, 2.05) is 6.07 Å². The van der Waals surface area contributed by atoms with Crippen molar-refractivity contribution >= 4 is 11.8 Å². The van der Waals surface area contributed by atoms with Gasteiger partial charge in [0.25, 0.3) is 11.8 Å². The summed E-state index contributed by atoms with van der Waals surface area (Å²) in [4.78, 5) is 28.2. The molecule has 0 radical (unpaired) electrons. The normalized spacial score (nSPS) is 11.7. The van der Waals surface area contributed by atoms with Crippen molar-refractivity contribution in [3.8, 4) is 11.5 Å². The van der Waals surface area contributed by atoms with E-state index >= 15 is 0 Å². The van der Waals surface area contributed by atoms with E-state index < -0.39 is 17.9 Å². The zero-order valence-corrected chi connectivity index (χ0v) is 13.5. The predicted octanol–water partition coefficient (Wildman–Crippen LogP) is 2.00. The fraction of sp³-hybridized carbons (Fsp3) is 0.111. The Balaban J connectivity index is 1.77. The summed E-state index contributed by atoms with van der Waals surface area (Å²) in [7, 11) is 0. The maximum Gasteiger partial charge on any atom is 0.257 e. The summed E-state index contributed by atoms with van der Waals surface area (Å²) in [6.07, 6.45) is 0. The Morgan fingerprint density at radius 3 is 2.32 bits per heavy atom. The molecule has 0 spiro atoms. The molecule has 7 nitrogen and oxygen atoms in total. The summed E-state index contributed by atoms with van der Waals surface area (Å²) < 4.78 is 5.08. The first-order valence-electron chi connectivity index (χ1n) is 7.60. The summed E-state index contributed by atoms with van der Waals surface area (Å²) in [6, 6.07) is 14.6. The van der Waals surface area contributed by atoms with E-state index in [2.05, 4.69) is 15.5 Å². The van der Waals surface area contributed by atoms with Gasteiger partial charge in [-0.1, -0.05) is 35.5 Å². The van der Waals surface area contributed by atoms with Crippen LogP contribution in [-0.4, -0.2) is 22.0 Å². The lowest BCUT2D eigenvalue weighted by molar-refractivity contribution is -0.120. The Hall–Kier alpha value is -3.48. The number of aryl methyl sites for hydroxylation is 1. The Morgan fingerprint density at radius 1 is 1.08 bits per heavy atom. The minimum absolute atomic E-state index is 0.378. The highest BCUT2D eigenvalue weighted by Gasteiger charge is 2.20. The van der Waals surface area contributed by atoms with E-state index in [0.717, 1.165) is 0 Å². The molecule has 126 valence electrons. The van der Waals surface area contributed by atoms with Gasteiger partial charge in [0, 0.05) is 11.1 Å². The topological polar surface area (TPSA) is 111 Å². The average Bonchev–Trinajstić information content (AvgIpc) is 3.06. The van der Waals surface area contributed by atoms with Gasteiger partial charge in [-0.2, -0.15) is 4.98 Å². The molecule has 0 saturated carbocycles. The lowest BCUT2D eigenvalue weighted by atomic mass is 10.1. The van der Waals surface area contributed by atoms with Crippen molar-refractivity contribution in [2.45, 2.75) is 13.0 Å². The van der Waals surface area contributed by atoms with E-state index in [-0.39, 0.29) is 0 Å². The molecule has 2 amide bonds. The number of hydrogen-bond donors (Lipinski definition) is 2. The van der Waals surface area contributed by atoms with Crippen molar-refractivity contribution in [3.63, 3.8) is 0 Å². The van der Waals surface area contributed by atoms with Crippen LogP contribution in [0.3, 0.4) is 0 Å². The molecule has 0 fully saturated rings. The number of aromatic nitrogens is 2. The van der Waals surface area contributed by atoms with Gasteiger partial charge in [0.2, 0.25) is 5.91 Å². The molecule has 25 heavy (non-hydrogen) atoms. The molecule has 2 aromatic carbocycles. The lowest BCUT2D eigenvalue weighted by Gasteiger charge is -2.16. The van der Waals surface area contributed by atoms with Gasteiger partial charge >= 0.3 is 0 Å². The van der Waals surface area contributed by atoms with E-state index in [1.165, 1.54) is 0 Å². The number of hydrogen-bond acceptors (Lipinski definition) is 5. The first-order chi connectivity index (χ1) is 12.0. The van der Waals surface area contributed by atoms with Gasteiger partial charge in [0.05, 0.1) is 0 Å². The molecule has 1 aromatic heterocycles. The van der Waals surface area contributed by atoms with Gasteiger partial charge in [0.1, 0.15) is 6.04 Å². The summed E-state index contributed by atoms with van der Waals surface area (Å²) in [5, 5.41) is 6.37. The number of primary amides is 1. The monoisotopic (exact) mass is 336 g/mol. The molecular formula is C18H16N4O3. The molecule has 1 heterocycles. The third-order valence-corrected chi connectivity index (χ3v) is 3.61. The van der Waals surface area contributed by atoms with Crippen LogP contribution in [0.4, 0.5) is 0 Å². The fourth-order valence-corrected chi connectivity index (χ4v) is 2.36.